The number of fused-ring (bicyclic) bond motifs is 1. The van der Waals surface area contributed by atoms with Gasteiger partial charge in [-0.05, 0) is 18.6 Å². The lowest BCUT2D eigenvalue weighted by Gasteiger charge is -2.08. The summed E-state index contributed by atoms with van der Waals surface area (Å²) in [4.78, 5) is 0. The lowest BCUT2D eigenvalue weighted by molar-refractivity contribution is 0.670. The molecule has 0 aliphatic rings. The average molecular weight is 308 g/mol. The molecule has 0 N–H and O–H groups in total. The van der Waals surface area contributed by atoms with Crippen LogP contribution in [0.5, 0.6) is 0 Å². The van der Waals surface area contributed by atoms with E-state index in [0.717, 1.165) is 38.8 Å². The number of rotatable bonds is 3. The van der Waals surface area contributed by atoms with E-state index >= 15 is 0 Å². The van der Waals surface area contributed by atoms with Crippen LogP contribution in [-0.2, 0) is 20.0 Å². The first-order chi connectivity index (χ1) is 9.61. The minimum atomic E-state index is 0.662. The second-order valence-corrected chi connectivity index (χ2v) is 5.59. The number of halogens is 2. The Morgan fingerprint density at radius 3 is 2.70 bits per heavy atom. The molecule has 0 fully saturated rings. The summed E-state index contributed by atoms with van der Waals surface area (Å²) in [5, 5.41) is 7.09. The lowest BCUT2D eigenvalue weighted by Crippen LogP contribution is -2.05. The molecule has 0 saturated carbocycles. The third-order valence-corrected chi connectivity index (χ3v) is 4.30. The monoisotopic (exact) mass is 307 g/mol. The van der Waals surface area contributed by atoms with Crippen molar-refractivity contribution in [3.05, 3.63) is 51.9 Å². The Kier molecular flexibility index (Phi) is 3.48. The summed E-state index contributed by atoms with van der Waals surface area (Å²) in [5.41, 5.74) is 2.97. The number of nitrogens with zero attached hydrogens (tertiary/aromatic N) is 3. The van der Waals surface area contributed by atoms with Gasteiger partial charge in [-0.3, -0.25) is 4.68 Å². The van der Waals surface area contributed by atoms with Gasteiger partial charge in [0.1, 0.15) is 0 Å². The number of aryl methyl sites for hydroxylation is 2. The van der Waals surface area contributed by atoms with Crippen molar-refractivity contribution >= 4 is 34.1 Å². The molecule has 3 nitrogen and oxygen atoms in total. The third kappa shape index (κ3) is 2.11. The molecule has 0 aliphatic carbocycles. The molecule has 5 heteroatoms. The van der Waals surface area contributed by atoms with Crippen molar-refractivity contribution in [2.75, 3.05) is 0 Å². The zero-order chi connectivity index (χ0) is 14.3. The minimum absolute atomic E-state index is 0.662. The molecule has 3 aromatic rings. The molecule has 0 amide bonds. The predicted molar refractivity (Wildman–Crippen MR) is 83.6 cm³/mol. The van der Waals surface area contributed by atoms with Gasteiger partial charge in [0.15, 0.2) is 0 Å². The average Bonchev–Trinajstić information content (AvgIpc) is 2.96. The molecule has 0 bridgehead atoms. The van der Waals surface area contributed by atoms with Gasteiger partial charge >= 0.3 is 0 Å². The summed E-state index contributed by atoms with van der Waals surface area (Å²) in [5.74, 6) is 0. The van der Waals surface area contributed by atoms with Crippen LogP contribution >= 0.6 is 23.2 Å². The quantitative estimate of drug-likeness (QED) is 0.707. The number of aromatic nitrogens is 3. The van der Waals surface area contributed by atoms with E-state index in [4.69, 9.17) is 23.2 Å². The Labute approximate surface area is 127 Å². The van der Waals surface area contributed by atoms with Crippen LogP contribution in [0.1, 0.15) is 18.3 Å². The Hall–Kier alpha value is -1.45. The topological polar surface area (TPSA) is 22.8 Å². The first-order valence-corrected chi connectivity index (χ1v) is 7.31. The maximum atomic E-state index is 6.41. The summed E-state index contributed by atoms with van der Waals surface area (Å²) in [7, 11) is 1.92. The van der Waals surface area contributed by atoms with Gasteiger partial charge in [0.2, 0.25) is 0 Å². The molecule has 1 aromatic carbocycles. The second kappa shape index (κ2) is 5.15. The summed E-state index contributed by atoms with van der Waals surface area (Å²) in [6.07, 6.45) is 2.87. The highest BCUT2D eigenvalue weighted by atomic mass is 35.5. The van der Waals surface area contributed by atoms with Crippen molar-refractivity contribution in [3.8, 4) is 0 Å². The molecular weight excluding hydrogens is 293 g/mol. The van der Waals surface area contributed by atoms with Crippen molar-refractivity contribution in [1.82, 2.24) is 14.3 Å². The van der Waals surface area contributed by atoms with E-state index in [1.807, 2.05) is 30.1 Å². The Balaban J connectivity index is 2.08. The number of hydrogen-bond donors (Lipinski definition) is 0. The van der Waals surface area contributed by atoms with Crippen molar-refractivity contribution in [2.45, 2.75) is 19.9 Å². The van der Waals surface area contributed by atoms with Crippen LogP contribution in [0, 0.1) is 0 Å². The fraction of sp³-hybridized carbons (Fsp3) is 0.267. The first kappa shape index (κ1) is 13.5. The van der Waals surface area contributed by atoms with E-state index in [2.05, 4.69) is 28.7 Å². The van der Waals surface area contributed by atoms with E-state index in [-0.39, 0.29) is 0 Å². The van der Waals surface area contributed by atoms with E-state index < -0.39 is 0 Å². The predicted octanol–water partition coefficient (Wildman–Crippen LogP) is 4.29. The molecule has 20 heavy (non-hydrogen) atoms. The van der Waals surface area contributed by atoms with Gasteiger partial charge in [-0.1, -0.05) is 42.3 Å². The lowest BCUT2D eigenvalue weighted by atomic mass is 10.2. The zero-order valence-corrected chi connectivity index (χ0v) is 12.9. The minimum Gasteiger partial charge on any atom is -0.340 e. The molecule has 3 rings (SSSR count). The van der Waals surface area contributed by atoms with Crippen LogP contribution in [0.15, 0.2) is 30.5 Å². The standard InChI is InChI=1S/C15H15Cl2N3/c1-3-12-14(17)13(19(2)18-12)9-20-8-7-10-5-4-6-11(16)15(10)20/h4-8H,3,9H2,1-2H3. The highest BCUT2D eigenvalue weighted by molar-refractivity contribution is 6.35. The summed E-state index contributed by atoms with van der Waals surface area (Å²) < 4.78 is 3.96. The van der Waals surface area contributed by atoms with Crippen LogP contribution in [-0.4, -0.2) is 14.3 Å². The molecule has 0 unspecified atom stereocenters. The van der Waals surface area contributed by atoms with Gasteiger partial charge in [0.25, 0.3) is 0 Å². The van der Waals surface area contributed by atoms with Crippen molar-refractivity contribution in [1.29, 1.82) is 0 Å². The Morgan fingerprint density at radius 2 is 2.00 bits per heavy atom. The van der Waals surface area contributed by atoms with Crippen LogP contribution < -0.4 is 0 Å². The van der Waals surface area contributed by atoms with Crippen molar-refractivity contribution < 1.29 is 0 Å². The van der Waals surface area contributed by atoms with Crippen molar-refractivity contribution in [2.24, 2.45) is 7.05 Å². The molecule has 0 aliphatic heterocycles. The highest BCUT2D eigenvalue weighted by Crippen LogP contribution is 2.27. The smallest absolute Gasteiger partial charge is 0.0868 e. The second-order valence-electron chi connectivity index (χ2n) is 4.81. The molecule has 0 spiro atoms. The molecular formula is C15H15Cl2N3. The van der Waals surface area contributed by atoms with Gasteiger partial charge in [0.05, 0.1) is 33.5 Å². The Morgan fingerprint density at radius 1 is 1.20 bits per heavy atom. The van der Waals surface area contributed by atoms with Gasteiger partial charge < -0.3 is 4.57 Å². The van der Waals surface area contributed by atoms with E-state index in [9.17, 15) is 0 Å². The normalized spacial score (nSPS) is 11.4. The van der Waals surface area contributed by atoms with Crippen LogP contribution in [0.25, 0.3) is 10.9 Å². The summed E-state index contributed by atoms with van der Waals surface area (Å²) >= 11 is 12.7. The fourth-order valence-corrected chi connectivity index (χ4v) is 3.14. The maximum absolute atomic E-state index is 6.41. The Bertz CT molecular complexity index is 771. The zero-order valence-electron chi connectivity index (χ0n) is 11.4. The molecule has 0 saturated heterocycles. The summed E-state index contributed by atoms with van der Waals surface area (Å²) in [6, 6.07) is 7.98. The number of para-hydroxylation sites is 1. The van der Waals surface area contributed by atoms with Crippen LogP contribution in [0.3, 0.4) is 0 Å². The maximum Gasteiger partial charge on any atom is 0.0868 e. The molecule has 2 aromatic heterocycles. The van der Waals surface area contributed by atoms with Crippen molar-refractivity contribution in [3.63, 3.8) is 0 Å². The molecule has 104 valence electrons. The largest absolute Gasteiger partial charge is 0.340 e. The van der Waals surface area contributed by atoms with E-state index in [1.165, 1.54) is 0 Å². The van der Waals surface area contributed by atoms with Gasteiger partial charge in [-0.2, -0.15) is 5.10 Å². The fourth-order valence-electron chi connectivity index (χ4n) is 2.50. The number of hydrogen-bond acceptors (Lipinski definition) is 1. The third-order valence-electron chi connectivity index (χ3n) is 3.56. The molecule has 0 atom stereocenters. The van der Waals surface area contributed by atoms with Crippen LogP contribution in [0.4, 0.5) is 0 Å². The van der Waals surface area contributed by atoms with Gasteiger partial charge in [-0.15, -0.1) is 0 Å². The molecule has 0 radical (unpaired) electrons. The van der Waals surface area contributed by atoms with Crippen LogP contribution in [0.2, 0.25) is 10.0 Å². The van der Waals surface area contributed by atoms with E-state index in [0.29, 0.717) is 6.54 Å². The SMILES string of the molecule is CCc1nn(C)c(Cn2ccc3cccc(Cl)c32)c1Cl. The molecule has 2 heterocycles. The number of benzene rings is 1. The van der Waals surface area contributed by atoms with Gasteiger partial charge in [-0.25, -0.2) is 0 Å². The summed E-state index contributed by atoms with van der Waals surface area (Å²) in [6.45, 7) is 2.72. The highest BCUT2D eigenvalue weighted by Gasteiger charge is 2.14. The van der Waals surface area contributed by atoms with Gasteiger partial charge in [0, 0.05) is 18.6 Å². The first-order valence-electron chi connectivity index (χ1n) is 6.55. The van der Waals surface area contributed by atoms with E-state index in [1.54, 1.807) is 0 Å².